The minimum atomic E-state index is -2.00. The zero-order valence-corrected chi connectivity index (χ0v) is 19.3. The van der Waals surface area contributed by atoms with Gasteiger partial charge in [0.25, 0.3) is 0 Å². The van der Waals surface area contributed by atoms with Crippen LogP contribution in [0.2, 0.25) is 26.2 Å². The number of ether oxygens (including phenoxy) is 2. The Morgan fingerprint density at radius 2 is 1.07 bits per heavy atom. The Labute approximate surface area is 164 Å². The van der Waals surface area contributed by atoms with Gasteiger partial charge >= 0.3 is 0 Å². The molecular weight excluding hydrogens is 372 g/mol. The number of hydrogen-bond acceptors (Lipinski definition) is 5. The molecule has 0 saturated carbocycles. The molecule has 2 aromatic rings. The number of aryl methyl sites for hydroxylation is 2. The van der Waals surface area contributed by atoms with Crippen LogP contribution in [0.25, 0.3) is 0 Å². The van der Waals surface area contributed by atoms with Crippen molar-refractivity contribution in [2.75, 3.05) is 23.9 Å². The third kappa shape index (κ3) is 6.60. The SMILES string of the molecule is Cc1cc(OC[Si](C)(C)O[Si](C)(C)COc2ccc(N)c(C)c2)ccc1N. The van der Waals surface area contributed by atoms with Gasteiger partial charge in [0, 0.05) is 11.4 Å². The second kappa shape index (κ2) is 8.37. The zero-order valence-electron chi connectivity index (χ0n) is 17.3. The molecule has 0 radical (unpaired) electrons. The molecule has 0 unspecified atom stereocenters. The summed E-state index contributed by atoms with van der Waals surface area (Å²) in [6.45, 7) is 12.7. The molecule has 0 fully saturated rings. The summed E-state index contributed by atoms with van der Waals surface area (Å²) in [5.74, 6) is 1.66. The first-order valence-electron chi connectivity index (χ1n) is 9.15. The van der Waals surface area contributed by atoms with Crippen molar-refractivity contribution in [3.8, 4) is 11.5 Å². The van der Waals surface area contributed by atoms with Crippen LogP contribution in [0.15, 0.2) is 36.4 Å². The topological polar surface area (TPSA) is 79.7 Å². The Kier molecular flexibility index (Phi) is 6.61. The number of rotatable bonds is 8. The van der Waals surface area contributed by atoms with E-state index in [1.54, 1.807) is 0 Å². The molecular formula is C20H32N2O3Si2. The molecule has 4 N–H and O–H groups in total. The number of nitrogens with two attached hydrogens (primary N) is 2. The number of benzene rings is 2. The van der Waals surface area contributed by atoms with E-state index in [-0.39, 0.29) is 0 Å². The quantitative estimate of drug-likeness (QED) is 0.502. The minimum Gasteiger partial charge on any atom is -0.494 e. The van der Waals surface area contributed by atoms with Crippen molar-refractivity contribution in [3.05, 3.63) is 47.5 Å². The standard InChI is InChI=1S/C20H32N2O3Si2/c1-15-11-17(7-9-19(15)21)23-13-26(3,4)25-27(5,6)14-24-18-8-10-20(22)16(2)12-18/h7-12H,13-14,21-22H2,1-6H3. The van der Waals surface area contributed by atoms with Crippen molar-refractivity contribution in [2.45, 2.75) is 40.0 Å². The third-order valence-electron chi connectivity index (χ3n) is 4.21. The molecule has 7 heteroatoms. The molecule has 5 nitrogen and oxygen atoms in total. The first-order valence-corrected chi connectivity index (χ1v) is 15.4. The van der Waals surface area contributed by atoms with E-state index in [0.29, 0.717) is 12.5 Å². The minimum absolute atomic E-state index is 0.591. The van der Waals surface area contributed by atoms with E-state index in [4.69, 9.17) is 25.1 Å². The monoisotopic (exact) mass is 404 g/mol. The van der Waals surface area contributed by atoms with Gasteiger partial charge in [-0.2, -0.15) is 0 Å². The maximum atomic E-state index is 6.56. The van der Waals surface area contributed by atoms with Crippen molar-refractivity contribution >= 4 is 28.0 Å². The molecule has 2 aromatic carbocycles. The van der Waals surface area contributed by atoms with E-state index in [1.807, 2.05) is 50.2 Å². The van der Waals surface area contributed by atoms with Gasteiger partial charge in [-0.15, -0.1) is 0 Å². The summed E-state index contributed by atoms with van der Waals surface area (Å²) >= 11 is 0. The van der Waals surface area contributed by atoms with E-state index in [2.05, 4.69) is 26.2 Å². The first kappa shape index (κ1) is 21.3. The molecule has 0 bridgehead atoms. The fourth-order valence-electron chi connectivity index (χ4n) is 2.80. The van der Waals surface area contributed by atoms with Crippen LogP contribution in [-0.4, -0.2) is 29.1 Å². The summed E-state index contributed by atoms with van der Waals surface area (Å²) in [6, 6.07) is 11.5. The highest BCUT2D eigenvalue weighted by Crippen LogP contribution is 2.23. The van der Waals surface area contributed by atoms with Gasteiger partial charge in [-0.25, -0.2) is 0 Å². The van der Waals surface area contributed by atoms with Gasteiger partial charge < -0.3 is 25.1 Å². The molecule has 0 aliphatic rings. The lowest BCUT2D eigenvalue weighted by molar-refractivity contribution is 0.329. The Morgan fingerprint density at radius 3 is 1.41 bits per heavy atom. The predicted octanol–water partition coefficient (Wildman–Crippen LogP) is 4.43. The maximum Gasteiger partial charge on any atom is 0.213 e. The first-order chi connectivity index (χ1) is 12.5. The van der Waals surface area contributed by atoms with Crippen molar-refractivity contribution < 1.29 is 13.6 Å². The molecule has 148 valence electrons. The van der Waals surface area contributed by atoms with Crippen LogP contribution in [0.4, 0.5) is 11.4 Å². The van der Waals surface area contributed by atoms with Crippen molar-refractivity contribution in [2.24, 2.45) is 0 Å². The van der Waals surface area contributed by atoms with Gasteiger partial charge in [0.15, 0.2) is 0 Å². The van der Waals surface area contributed by atoms with E-state index in [0.717, 1.165) is 34.0 Å². The fourth-order valence-corrected chi connectivity index (χ4v) is 10.3. The van der Waals surface area contributed by atoms with Gasteiger partial charge in [0.05, 0.1) is 0 Å². The van der Waals surface area contributed by atoms with Gasteiger partial charge in [0.2, 0.25) is 16.6 Å². The molecule has 0 atom stereocenters. The molecule has 2 rings (SSSR count). The summed E-state index contributed by atoms with van der Waals surface area (Å²) in [6.07, 6.45) is 1.18. The second-order valence-corrected chi connectivity index (χ2v) is 16.7. The molecule has 0 aromatic heterocycles. The Hall–Kier alpha value is -1.97. The lowest BCUT2D eigenvalue weighted by Crippen LogP contribution is -2.51. The van der Waals surface area contributed by atoms with E-state index < -0.39 is 16.6 Å². The Bertz CT molecular complexity index is 729. The van der Waals surface area contributed by atoms with Crippen molar-refractivity contribution in [1.82, 2.24) is 0 Å². The van der Waals surface area contributed by atoms with E-state index in [9.17, 15) is 0 Å². The largest absolute Gasteiger partial charge is 0.494 e. The summed E-state index contributed by atoms with van der Waals surface area (Å²) in [7, 11) is -4.00. The fraction of sp³-hybridized carbons (Fsp3) is 0.400. The Balaban J connectivity index is 1.91. The second-order valence-electron chi connectivity index (χ2n) is 8.24. The van der Waals surface area contributed by atoms with Crippen molar-refractivity contribution in [1.29, 1.82) is 0 Å². The molecule has 0 aliphatic heterocycles. The lowest BCUT2D eigenvalue weighted by Gasteiger charge is -2.33. The van der Waals surface area contributed by atoms with Gasteiger partial charge in [-0.1, -0.05) is 0 Å². The van der Waals surface area contributed by atoms with Crippen molar-refractivity contribution in [3.63, 3.8) is 0 Å². The van der Waals surface area contributed by atoms with Gasteiger partial charge in [-0.05, 0) is 87.6 Å². The molecule has 0 heterocycles. The van der Waals surface area contributed by atoms with Crippen LogP contribution < -0.4 is 20.9 Å². The normalized spacial score (nSPS) is 12.1. The van der Waals surface area contributed by atoms with Gasteiger partial charge in [-0.3, -0.25) is 0 Å². The highest BCUT2D eigenvalue weighted by atomic mass is 28.4. The van der Waals surface area contributed by atoms with Crippen LogP contribution in [0.5, 0.6) is 11.5 Å². The molecule has 27 heavy (non-hydrogen) atoms. The summed E-state index contributed by atoms with van der Waals surface area (Å²) in [4.78, 5) is 0. The summed E-state index contributed by atoms with van der Waals surface area (Å²) in [5, 5.41) is 0. The average Bonchev–Trinajstić information content (AvgIpc) is 2.56. The van der Waals surface area contributed by atoms with Crippen LogP contribution in [0.1, 0.15) is 11.1 Å². The molecule has 0 amide bonds. The highest BCUT2D eigenvalue weighted by Gasteiger charge is 2.34. The smallest absolute Gasteiger partial charge is 0.213 e. The van der Waals surface area contributed by atoms with Crippen LogP contribution in [0.3, 0.4) is 0 Å². The highest BCUT2D eigenvalue weighted by molar-refractivity contribution is 6.84. The third-order valence-corrected chi connectivity index (χ3v) is 10.3. The van der Waals surface area contributed by atoms with E-state index in [1.165, 1.54) is 0 Å². The molecule has 0 saturated heterocycles. The maximum absolute atomic E-state index is 6.56. The van der Waals surface area contributed by atoms with E-state index >= 15 is 0 Å². The Morgan fingerprint density at radius 1 is 0.704 bits per heavy atom. The van der Waals surface area contributed by atoms with Crippen LogP contribution in [0, 0.1) is 13.8 Å². The van der Waals surface area contributed by atoms with Crippen LogP contribution >= 0.6 is 0 Å². The summed E-state index contributed by atoms with van der Waals surface area (Å²) < 4.78 is 18.5. The predicted molar refractivity (Wildman–Crippen MR) is 118 cm³/mol. The average molecular weight is 405 g/mol. The lowest BCUT2D eigenvalue weighted by atomic mass is 10.2. The molecule has 0 spiro atoms. The number of anilines is 2. The molecule has 0 aliphatic carbocycles. The summed E-state index contributed by atoms with van der Waals surface area (Å²) in [5.41, 5.74) is 15.3. The number of hydrogen-bond donors (Lipinski definition) is 2. The van der Waals surface area contributed by atoms with Crippen LogP contribution in [-0.2, 0) is 4.12 Å². The zero-order chi connectivity index (χ0) is 20.2. The number of nitrogen functional groups attached to an aromatic ring is 2. The van der Waals surface area contributed by atoms with Gasteiger partial charge in [0.1, 0.15) is 24.0 Å².